The summed E-state index contributed by atoms with van der Waals surface area (Å²) < 4.78 is 7.92. The van der Waals surface area contributed by atoms with E-state index in [0.29, 0.717) is 18.1 Å². The third kappa shape index (κ3) is 5.35. The van der Waals surface area contributed by atoms with E-state index in [-0.39, 0.29) is 23.1 Å². The maximum atomic E-state index is 12.9. The second-order valence-corrected chi connectivity index (χ2v) is 9.94. The Kier molecular flexibility index (Phi) is 7.11. The smallest absolute Gasteiger partial charge is 0.350 e. The van der Waals surface area contributed by atoms with Crippen LogP contribution in [-0.2, 0) is 5.41 Å². The van der Waals surface area contributed by atoms with Crippen LogP contribution in [0.5, 0.6) is 11.5 Å². The zero-order valence-electron chi connectivity index (χ0n) is 20.5. The normalized spacial score (nSPS) is 18.1. The summed E-state index contributed by atoms with van der Waals surface area (Å²) in [6.07, 6.45) is 6.62. The minimum absolute atomic E-state index is 0.0137. The van der Waals surface area contributed by atoms with Gasteiger partial charge in [0.05, 0.1) is 11.9 Å². The zero-order valence-corrected chi connectivity index (χ0v) is 20.5. The molecule has 5 N–H and O–H groups in total. The lowest BCUT2D eigenvalue weighted by Crippen LogP contribution is -2.34. The molecule has 184 valence electrons. The van der Waals surface area contributed by atoms with Crippen LogP contribution in [-0.4, -0.2) is 46.6 Å². The predicted octanol–water partition coefficient (Wildman–Crippen LogP) is 3.68. The minimum Gasteiger partial charge on any atom is -0.450 e. The SMILES string of the molecule is CCC(C)(C)c1ccc2c(c1)Nc1nc(=O)n(C3CCCN(CCCNC(=N)N)CC3)cc1O2. The van der Waals surface area contributed by atoms with Crippen molar-refractivity contribution in [2.24, 2.45) is 5.73 Å². The fourth-order valence-electron chi connectivity index (χ4n) is 4.63. The summed E-state index contributed by atoms with van der Waals surface area (Å²) in [5.41, 5.74) is 7.23. The van der Waals surface area contributed by atoms with Gasteiger partial charge >= 0.3 is 5.69 Å². The average molecular weight is 468 g/mol. The first kappa shape index (κ1) is 24.1. The van der Waals surface area contributed by atoms with Crippen LogP contribution in [0, 0.1) is 5.41 Å². The molecule has 4 rings (SSSR count). The van der Waals surface area contributed by atoms with Gasteiger partial charge < -0.3 is 26.0 Å². The van der Waals surface area contributed by atoms with E-state index >= 15 is 0 Å². The molecule has 1 aromatic carbocycles. The van der Waals surface area contributed by atoms with Crippen molar-refractivity contribution >= 4 is 17.5 Å². The largest absolute Gasteiger partial charge is 0.450 e. The number of hydrogen-bond donors (Lipinski definition) is 4. The van der Waals surface area contributed by atoms with Crippen molar-refractivity contribution in [2.45, 2.75) is 64.3 Å². The van der Waals surface area contributed by atoms with Gasteiger partial charge in [0.25, 0.3) is 0 Å². The summed E-state index contributed by atoms with van der Waals surface area (Å²) in [4.78, 5) is 19.7. The van der Waals surface area contributed by atoms with Gasteiger partial charge in [-0.3, -0.25) is 9.98 Å². The standard InChI is InChI=1S/C25H37N7O2/c1-4-25(2,3)17-8-9-20-19(15-17)29-22-21(34-20)16-32(24(33)30-22)18-7-5-12-31(14-10-18)13-6-11-28-23(26)27/h8-9,15-16,18H,4-7,10-14H2,1-3H3,(H4,26,27,28)(H,29,30,33). The van der Waals surface area contributed by atoms with Crippen molar-refractivity contribution in [3.05, 3.63) is 40.4 Å². The fraction of sp³-hybridized carbons (Fsp3) is 0.560. The molecule has 1 fully saturated rings. The summed E-state index contributed by atoms with van der Waals surface area (Å²) in [5.74, 6) is 1.83. The number of nitrogens with two attached hydrogens (primary N) is 1. The van der Waals surface area contributed by atoms with E-state index in [0.717, 1.165) is 63.2 Å². The Labute approximate surface area is 201 Å². The third-order valence-corrected chi connectivity index (χ3v) is 7.19. The molecule has 9 nitrogen and oxygen atoms in total. The number of hydrogen-bond acceptors (Lipinski definition) is 6. The van der Waals surface area contributed by atoms with Crippen molar-refractivity contribution in [3.8, 4) is 11.5 Å². The van der Waals surface area contributed by atoms with Crippen molar-refractivity contribution in [1.29, 1.82) is 5.41 Å². The number of ether oxygens (including phenoxy) is 1. The summed E-state index contributed by atoms with van der Waals surface area (Å²) in [6.45, 7) is 10.2. The molecule has 1 aromatic heterocycles. The summed E-state index contributed by atoms with van der Waals surface area (Å²) >= 11 is 0. The van der Waals surface area contributed by atoms with Gasteiger partial charge in [-0.25, -0.2) is 4.79 Å². The van der Waals surface area contributed by atoms with Crippen LogP contribution in [0.15, 0.2) is 29.2 Å². The number of guanidine groups is 1. The van der Waals surface area contributed by atoms with Gasteiger partial charge in [0.2, 0.25) is 0 Å². The van der Waals surface area contributed by atoms with Gasteiger partial charge in [0, 0.05) is 19.1 Å². The lowest BCUT2D eigenvalue weighted by molar-refractivity contribution is 0.276. The highest BCUT2D eigenvalue weighted by Crippen LogP contribution is 2.42. The monoisotopic (exact) mass is 467 g/mol. The number of benzene rings is 1. The van der Waals surface area contributed by atoms with Crippen LogP contribution in [0.2, 0.25) is 0 Å². The van der Waals surface area contributed by atoms with Crippen LogP contribution in [0.25, 0.3) is 0 Å². The second kappa shape index (κ2) is 10.0. The number of nitrogens with one attached hydrogen (secondary N) is 3. The number of nitrogens with zero attached hydrogens (tertiary/aromatic N) is 3. The van der Waals surface area contributed by atoms with Crippen LogP contribution < -0.4 is 26.8 Å². The molecule has 2 aliphatic rings. The summed E-state index contributed by atoms with van der Waals surface area (Å²) in [7, 11) is 0. The maximum absolute atomic E-state index is 12.9. The highest BCUT2D eigenvalue weighted by Gasteiger charge is 2.26. The lowest BCUT2D eigenvalue weighted by Gasteiger charge is -2.27. The predicted molar refractivity (Wildman–Crippen MR) is 135 cm³/mol. The summed E-state index contributed by atoms with van der Waals surface area (Å²) in [6, 6.07) is 6.31. The third-order valence-electron chi connectivity index (χ3n) is 7.19. The Morgan fingerprint density at radius 3 is 2.91 bits per heavy atom. The molecule has 0 bridgehead atoms. The van der Waals surface area contributed by atoms with Crippen molar-refractivity contribution < 1.29 is 4.74 Å². The minimum atomic E-state index is -0.243. The van der Waals surface area contributed by atoms with Gasteiger partial charge in [0.1, 0.15) is 0 Å². The van der Waals surface area contributed by atoms with Gasteiger partial charge in [-0.2, -0.15) is 4.98 Å². The highest BCUT2D eigenvalue weighted by atomic mass is 16.5. The highest BCUT2D eigenvalue weighted by molar-refractivity contribution is 5.74. The number of rotatable bonds is 7. The van der Waals surface area contributed by atoms with E-state index in [1.807, 2.05) is 12.3 Å². The Hall–Kier alpha value is -3.07. The van der Waals surface area contributed by atoms with Gasteiger partial charge in [-0.15, -0.1) is 0 Å². The van der Waals surface area contributed by atoms with Gasteiger partial charge in [-0.05, 0) is 68.3 Å². The molecule has 0 amide bonds. The van der Waals surface area contributed by atoms with Crippen molar-refractivity contribution in [2.75, 3.05) is 31.5 Å². The van der Waals surface area contributed by atoms with Crippen LogP contribution >= 0.6 is 0 Å². The quantitative estimate of drug-likeness (QED) is 0.238. The molecule has 0 aliphatic carbocycles. The molecule has 0 radical (unpaired) electrons. The van der Waals surface area contributed by atoms with Crippen molar-refractivity contribution in [3.63, 3.8) is 0 Å². The van der Waals surface area contributed by atoms with E-state index in [1.54, 1.807) is 4.57 Å². The fourth-order valence-corrected chi connectivity index (χ4v) is 4.63. The van der Waals surface area contributed by atoms with E-state index in [1.165, 1.54) is 5.56 Å². The molecule has 2 aromatic rings. The van der Waals surface area contributed by atoms with E-state index in [9.17, 15) is 4.79 Å². The van der Waals surface area contributed by atoms with Crippen LogP contribution in [0.3, 0.4) is 0 Å². The maximum Gasteiger partial charge on any atom is 0.350 e. The van der Waals surface area contributed by atoms with E-state index in [4.69, 9.17) is 15.9 Å². The molecule has 1 saturated heterocycles. The molecule has 0 saturated carbocycles. The molecule has 3 heterocycles. The molecule has 34 heavy (non-hydrogen) atoms. The Morgan fingerprint density at radius 2 is 2.15 bits per heavy atom. The molecular formula is C25H37N7O2. The van der Waals surface area contributed by atoms with E-state index in [2.05, 4.69) is 53.4 Å². The topological polar surface area (TPSA) is 121 Å². The number of anilines is 2. The molecule has 1 unspecified atom stereocenters. The molecule has 2 aliphatic heterocycles. The number of likely N-dealkylation sites (tertiary alicyclic amines) is 1. The first-order valence-electron chi connectivity index (χ1n) is 12.3. The van der Waals surface area contributed by atoms with E-state index < -0.39 is 0 Å². The summed E-state index contributed by atoms with van der Waals surface area (Å²) in [5, 5.41) is 13.4. The van der Waals surface area contributed by atoms with Crippen LogP contribution in [0.4, 0.5) is 11.5 Å². The first-order chi connectivity index (χ1) is 16.3. The number of fused-ring (bicyclic) bond motifs is 2. The van der Waals surface area contributed by atoms with Gasteiger partial charge in [-0.1, -0.05) is 26.8 Å². The van der Waals surface area contributed by atoms with Crippen LogP contribution in [0.1, 0.15) is 64.5 Å². The molecule has 1 atom stereocenters. The lowest BCUT2D eigenvalue weighted by atomic mass is 9.82. The molecular weight excluding hydrogens is 430 g/mol. The Morgan fingerprint density at radius 1 is 1.32 bits per heavy atom. The Bertz CT molecular complexity index is 1100. The Balaban J connectivity index is 1.45. The average Bonchev–Trinajstić information content (AvgIpc) is 3.05. The second-order valence-electron chi connectivity index (χ2n) is 9.94. The van der Waals surface area contributed by atoms with Crippen molar-refractivity contribution in [1.82, 2.24) is 19.8 Å². The molecule has 0 spiro atoms. The van der Waals surface area contributed by atoms with Gasteiger partial charge in [0.15, 0.2) is 23.3 Å². The first-order valence-corrected chi connectivity index (χ1v) is 12.3. The number of aromatic nitrogens is 2. The molecule has 9 heteroatoms. The zero-order chi connectivity index (χ0) is 24.3.